The fourth-order valence-corrected chi connectivity index (χ4v) is 13.1. The van der Waals surface area contributed by atoms with Crippen molar-refractivity contribution in [3.8, 4) is 0 Å². The average Bonchev–Trinajstić information content (AvgIpc) is 3.49. The molecule has 12 atom stereocenters. The quantitative estimate of drug-likeness (QED) is 0.224. The largest absolute Gasteiger partial charge is 0.481 e. The maximum Gasteiger partial charge on any atom is 0.307 e. The number of aliphatic carboxylic acids is 1. The number of carboxylic acid groups (broad SMARTS) is 1. The Hall–Kier alpha value is -2.04. The van der Waals surface area contributed by atoms with Gasteiger partial charge in [-0.15, -0.1) is 5.10 Å². The molecule has 1 aromatic heterocycles. The molecule has 3 N–H and O–H groups in total. The summed E-state index contributed by atoms with van der Waals surface area (Å²) in [5.41, 5.74) is 6.20. The lowest BCUT2D eigenvalue weighted by Crippen LogP contribution is -2.69. The van der Waals surface area contributed by atoms with Crippen LogP contribution >= 0.6 is 0 Å². The molecular weight excluding hydrogens is 640 g/mol. The Morgan fingerprint density at radius 3 is 2.43 bits per heavy atom. The molecule has 2 bridgehead atoms. The van der Waals surface area contributed by atoms with Crippen LogP contribution in [0.25, 0.3) is 0 Å². The molecule has 2 heterocycles. The van der Waals surface area contributed by atoms with Crippen molar-refractivity contribution in [2.75, 3.05) is 39.1 Å². The minimum atomic E-state index is -0.624. The molecule has 10 nitrogen and oxygen atoms in total. The lowest BCUT2D eigenvalue weighted by molar-refractivity contribution is -0.256. The highest BCUT2D eigenvalue weighted by Crippen LogP contribution is 2.75. The zero-order chi connectivity index (χ0) is 37.5. The number of nitrogens with two attached hydrogens (primary N) is 1. The van der Waals surface area contributed by atoms with Gasteiger partial charge in [-0.05, 0) is 117 Å². The Morgan fingerprint density at radius 2 is 1.84 bits per heavy atom. The second-order valence-electron chi connectivity index (χ2n) is 19.8. The molecule has 4 aliphatic carbocycles. The van der Waals surface area contributed by atoms with E-state index in [9.17, 15) is 9.90 Å². The fourth-order valence-electron chi connectivity index (χ4n) is 13.1. The number of allylic oxidation sites excluding steroid dienone is 1. The van der Waals surface area contributed by atoms with E-state index in [4.69, 9.17) is 15.2 Å². The Kier molecular flexibility index (Phi) is 9.91. The number of aromatic nitrogens is 4. The van der Waals surface area contributed by atoms with Gasteiger partial charge in [0.25, 0.3) is 5.95 Å². The third kappa shape index (κ3) is 5.48. The molecule has 0 amide bonds. The number of rotatable bonds is 11. The van der Waals surface area contributed by atoms with Crippen molar-refractivity contribution in [1.29, 1.82) is 0 Å². The van der Waals surface area contributed by atoms with E-state index in [1.165, 1.54) is 5.57 Å². The molecule has 0 unspecified atom stereocenters. The second-order valence-corrected chi connectivity index (χ2v) is 19.8. The standard InChI is InChI=1S/C41H70N6O4/c1-13-20-46(12)40(11,26(4)5)23-51-33-30(47-44-35(42)43-45-47)21-41-24-50-22-37(33,8)31(41)15-14-28-29(41)16-17-39(10)32(34(48)49)36(7,27(6)25(2)3)18-19-38(28,39)9/h16,25-28,30-33H,13-15,17-24H2,1-12H3,(H2,42,44)(H,48,49)/t27-,28+,30-,31+,32-,33+,36-,37-,38-,39+,40-,41+/m1/s1. The Balaban J connectivity index is 1.43. The van der Waals surface area contributed by atoms with E-state index >= 15 is 0 Å². The Morgan fingerprint density at radius 1 is 1.14 bits per heavy atom. The van der Waals surface area contributed by atoms with Gasteiger partial charge >= 0.3 is 5.97 Å². The van der Waals surface area contributed by atoms with Crippen LogP contribution in [0.1, 0.15) is 127 Å². The second kappa shape index (κ2) is 13.1. The summed E-state index contributed by atoms with van der Waals surface area (Å²) in [7, 11) is 2.22. The van der Waals surface area contributed by atoms with Gasteiger partial charge in [0, 0.05) is 16.4 Å². The molecule has 51 heavy (non-hydrogen) atoms. The van der Waals surface area contributed by atoms with Crippen LogP contribution in [-0.2, 0) is 14.3 Å². The monoisotopic (exact) mass is 711 g/mol. The van der Waals surface area contributed by atoms with Crippen molar-refractivity contribution >= 4 is 11.9 Å². The van der Waals surface area contributed by atoms with Crippen LogP contribution in [-0.4, -0.2) is 81.2 Å². The van der Waals surface area contributed by atoms with Gasteiger partial charge in [0.2, 0.25) is 0 Å². The molecule has 6 rings (SSSR count). The van der Waals surface area contributed by atoms with Crippen molar-refractivity contribution in [3.05, 3.63) is 11.6 Å². The Labute approximate surface area is 308 Å². The van der Waals surface area contributed by atoms with Gasteiger partial charge < -0.3 is 20.3 Å². The molecule has 0 spiro atoms. The number of anilines is 1. The summed E-state index contributed by atoms with van der Waals surface area (Å²) in [5, 5.41) is 24.4. The third-order valence-corrected chi connectivity index (χ3v) is 17.1. The number of hydrogen-bond donors (Lipinski definition) is 2. The minimum absolute atomic E-state index is 0.147. The zero-order valence-corrected chi connectivity index (χ0v) is 34.0. The first kappa shape index (κ1) is 38.7. The third-order valence-electron chi connectivity index (χ3n) is 17.1. The highest BCUT2D eigenvalue weighted by molar-refractivity contribution is 5.73. The topological polar surface area (TPSA) is 129 Å². The number of nitrogens with zero attached hydrogens (tertiary/aromatic N) is 5. The van der Waals surface area contributed by atoms with Crippen LogP contribution in [0.5, 0.6) is 0 Å². The number of fused-ring (bicyclic) bond motifs is 3. The number of carbonyl (C=O) groups is 1. The van der Waals surface area contributed by atoms with Gasteiger partial charge in [-0.1, -0.05) is 86.0 Å². The summed E-state index contributed by atoms with van der Waals surface area (Å²) >= 11 is 0. The van der Waals surface area contributed by atoms with Gasteiger partial charge in [-0.2, -0.15) is 4.80 Å². The molecular formula is C41H70N6O4. The molecule has 5 aliphatic rings. The molecule has 4 fully saturated rings. The number of hydrogen-bond acceptors (Lipinski definition) is 8. The summed E-state index contributed by atoms with van der Waals surface area (Å²) < 4.78 is 14.0. The lowest BCUT2D eigenvalue weighted by atomic mass is 9.34. The van der Waals surface area contributed by atoms with Gasteiger partial charge in [0.05, 0.1) is 31.8 Å². The molecule has 0 aromatic carbocycles. The lowest BCUT2D eigenvalue weighted by Gasteiger charge is -2.71. The summed E-state index contributed by atoms with van der Waals surface area (Å²) in [6, 6.07) is -0.165. The summed E-state index contributed by atoms with van der Waals surface area (Å²) in [6.07, 6.45) is 9.07. The normalized spacial score (nSPS) is 42.5. The van der Waals surface area contributed by atoms with Gasteiger partial charge in [-0.25, -0.2) is 0 Å². The first-order valence-corrected chi connectivity index (χ1v) is 20.2. The van der Waals surface area contributed by atoms with E-state index in [2.05, 4.69) is 110 Å². The van der Waals surface area contributed by atoms with Gasteiger partial charge in [0.1, 0.15) is 6.04 Å². The van der Waals surface area contributed by atoms with Crippen molar-refractivity contribution < 1.29 is 19.4 Å². The summed E-state index contributed by atoms with van der Waals surface area (Å²) in [6.45, 7) is 28.3. The number of tetrazole rings is 1. The highest BCUT2D eigenvalue weighted by atomic mass is 16.5. The average molecular weight is 711 g/mol. The summed E-state index contributed by atoms with van der Waals surface area (Å²) in [4.78, 5) is 17.7. The molecule has 1 aromatic rings. The zero-order valence-electron chi connectivity index (χ0n) is 34.0. The van der Waals surface area contributed by atoms with E-state index in [0.29, 0.717) is 43.5 Å². The fraction of sp³-hybridized carbons (Fsp3) is 0.902. The maximum atomic E-state index is 13.5. The number of ether oxygens (including phenoxy) is 2. The van der Waals surface area contributed by atoms with Gasteiger partial charge in [-0.3, -0.25) is 9.69 Å². The first-order chi connectivity index (χ1) is 23.8. The predicted octanol–water partition coefficient (Wildman–Crippen LogP) is 7.53. The van der Waals surface area contributed by atoms with E-state index in [1.807, 2.05) is 0 Å². The maximum absolute atomic E-state index is 13.5. The molecule has 288 valence electrons. The van der Waals surface area contributed by atoms with Crippen molar-refractivity contribution in [2.45, 2.75) is 139 Å². The number of likely N-dealkylation sites (N-methyl/N-ethyl adjacent to an activating group) is 1. The van der Waals surface area contributed by atoms with E-state index in [-0.39, 0.29) is 56.6 Å². The molecule has 0 radical (unpaired) electrons. The number of carboxylic acids is 1. The van der Waals surface area contributed by atoms with Gasteiger partial charge in [0.15, 0.2) is 0 Å². The van der Waals surface area contributed by atoms with Crippen molar-refractivity contribution in [1.82, 2.24) is 25.1 Å². The van der Waals surface area contributed by atoms with Crippen LogP contribution in [0.2, 0.25) is 0 Å². The van der Waals surface area contributed by atoms with Crippen LogP contribution < -0.4 is 5.73 Å². The van der Waals surface area contributed by atoms with E-state index in [1.54, 1.807) is 4.80 Å². The predicted molar refractivity (Wildman–Crippen MR) is 201 cm³/mol. The van der Waals surface area contributed by atoms with Crippen molar-refractivity contribution in [3.63, 3.8) is 0 Å². The van der Waals surface area contributed by atoms with Crippen molar-refractivity contribution in [2.24, 2.45) is 62.6 Å². The summed E-state index contributed by atoms with van der Waals surface area (Å²) in [5.74, 6) is 0.910. The van der Waals surface area contributed by atoms with E-state index in [0.717, 1.165) is 51.5 Å². The first-order valence-electron chi connectivity index (χ1n) is 20.2. The van der Waals surface area contributed by atoms with Crippen LogP contribution in [0.3, 0.4) is 0 Å². The minimum Gasteiger partial charge on any atom is -0.481 e. The number of nitrogen functional groups attached to an aromatic ring is 1. The van der Waals surface area contributed by atoms with E-state index < -0.39 is 11.9 Å². The van der Waals surface area contributed by atoms with Crippen LogP contribution in [0, 0.1) is 62.6 Å². The molecule has 3 saturated carbocycles. The molecule has 1 aliphatic heterocycles. The Bertz CT molecular complexity index is 1500. The highest BCUT2D eigenvalue weighted by Gasteiger charge is 2.72. The smallest absolute Gasteiger partial charge is 0.307 e. The molecule has 1 saturated heterocycles. The van der Waals surface area contributed by atoms with Crippen LogP contribution in [0.15, 0.2) is 11.6 Å². The molecule has 10 heteroatoms. The SMILES string of the molecule is CCCN(C)[C@](C)(CO[C@H]1[C@H](n2nnc(N)n2)C[C@@]23COC[C@]1(C)[C@@H]2CC[C@H]1C3=CC[C@@]2(C)[C@H](C(=O)O)[C@@](C)([C@H](C)C(C)C)CC[C@]12C)C(C)C. The van der Waals surface area contributed by atoms with Crippen LogP contribution in [0.4, 0.5) is 5.95 Å².